The zero-order valence-corrected chi connectivity index (χ0v) is 15.3. The predicted octanol–water partition coefficient (Wildman–Crippen LogP) is 3.48. The first kappa shape index (κ1) is 18.1. The van der Waals surface area contributed by atoms with Gasteiger partial charge < -0.3 is 10.6 Å². The molecule has 28 heavy (non-hydrogen) atoms. The lowest BCUT2D eigenvalue weighted by Gasteiger charge is -2.28. The van der Waals surface area contributed by atoms with Crippen molar-refractivity contribution in [1.29, 1.82) is 0 Å². The fourth-order valence-electron chi connectivity index (χ4n) is 2.94. The van der Waals surface area contributed by atoms with Gasteiger partial charge in [0.1, 0.15) is 16.9 Å². The third-order valence-corrected chi connectivity index (χ3v) is 5.84. The standard InChI is InChI=1S/C20H16FN3O3S/c21-15-9-11-16(12-10-15)22-20(25)14-7-5-13(6-8-14)19-23-17-3-1-2-4-18(17)28(26,27)24-19/h1-12,19,23-24H,(H,22,25)/t19-/m1/s1. The van der Waals surface area contributed by atoms with E-state index in [0.29, 0.717) is 22.5 Å². The average molecular weight is 397 g/mol. The van der Waals surface area contributed by atoms with Gasteiger partial charge in [-0.3, -0.25) is 4.79 Å². The Bertz CT molecular complexity index is 1130. The quantitative estimate of drug-likeness (QED) is 0.632. The zero-order chi connectivity index (χ0) is 19.7. The monoisotopic (exact) mass is 397 g/mol. The summed E-state index contributed by atoms with van der Waals surface area (Å²) in [6, 6.07) is 18.7. The van der Waals surface area contributed by atoms with Crippen molar-refractivity contribution in [3.05, 3.63) is 89.7 Å². The maximum absolute atomic E-state index is 12.9. The molecular weight excluding hydrogens is 381 g/mol. The molecule has 1 heterocycles. The number of sulfonamides is 1. The molecule has 3 aromatic carbocycles. The molecule has 0 radical (unpaired) electrons. The molecule has 3 aromatic rings. The Hall–Kier alpha value is -3.23. The lowest BCUT2D eigenvalue weighted by molar-refractivity contribution is 0.102. The molecule has 0 unspecified atom stereocenters. The Balaban J connectivity index is 1.52. The number of anilines is 2. The van der Waals surface area contributed by atoms with E-state index in [1.54, 1.807) is 42.5 Å². The topological polar surface area (TPSA) is 87.3 Å². The summed E-state index contributed by atoms with van der Waals surface area (Å²) < 4.78 is 40.4. The van der Waals surface area contributed by atoms with E-state index in [4.69, 9.17) is 0 Å². The fraction of sp³-hybridized carbons (Fsp3) is 0.0500. The maximum atomic E-state index is 12.9. The van der Waals surface area contributed by atoms with Crippen LogP contribution in [-0.2, 0) is 10.0 Å². The van der Waals surface area contributed by atoms with Crippen molar-refractivity contribution in [3.8, 4) is 0 Å². The van der Waals surface area contributed by atoms with Gasteiger partial charge in [0.2, 0.25) is 10.0 Å². The molecule has 1 aliphatic heterocycles. The van der Waals surface area contributed by atoms with Crippen LogP contribution < -0.4 is 15.4 Å². The third-order valence-electron chi connectivity index (χ3n) is 4.36. The van der Waals surface area contributed by atoms with Gasteiger partial charge in [0.15, 0.2) is 0 Å². The van der Waals surface area contributed by atoms with E-state index in [1.165, 1.54) is 30.3 Å². The van der Waals surface area contributed by atoms with Crippen LogP contribution in [0.4, 0.5) is 15.8 Å². The van der Waals surface area contributed by atoms with Gasteiger partial charge in [0.05, 0.1) is 5.69 Å². The number of carbonyl (C=O) groups is 1. The number of rotatable bonds is 3. The number of fused-ring (bicyclic) bond motifs is 1. The second kappa shape index (κ2) is 7.06. The van der Waals surface area contributed by atoms with Gasteiger partial charge >= 0.3 is 0 Å². The molecule has 0 aromatic heterocycles. The van der Waals surface area contributed by atoms with Crippen LogP contribution in [0.2, 0.25) is 0 Å². The van der Waals surface area contributed by atoms with Gasteiger partial charge in [-0.2, -0.15) is 4.72 Å². The van der Waals surface area contributed by atoms with Gasteiger partial charge in [-0.1, -0.05) is 24.3 Å². The van der Waals surface area contributed by atoms with Crippen LogP contribution in [0.25, 0.3) is 0 Å². The molecule has 1 aliphatic rings. The summed E-state index contributed by atoms with van der Waals surface area (Å²) in [6.07, 6.45) is -0.644. The van der Waals surface area contributed by atoms with Crippen molar-refractivity contribution in [1.82, 2.24) is 4.72 Å². The van der Waals surface area contributed by atoms with Crippen molar-refractivity contribution in [2.45, 2.75) is 11.1 Å². The van der Waals surface area contributed by atoms with E-state index in [1.807, 2.05) is 0 Å². The van der Waals surface area contributed by atoms with Crippen molar-refractivity contribution >= 4 is 27.3 Å². The molecular formula is C20H16FN3O3S. The predicted molar refractivity (Wildman–Crippen MR) is 104 cm³/mol. The molecule has 3 N–H and O–H groups in total. The van der Waals surface area contributed by atoms with Crippen LogP contribution in [0.1, 0.15) is 22.1 Å². The van der Waals surface area contributed by atoms with Crippen LogP contribution in [0, 0.1) is 5.82 Å². The highest BCUT2D eigenvalue weighted by atomic mass is 32.2. The summed E-state index contributed by atoms with van der Waals surface area (Å²) >= 11 is 0. The molecule has 0 saturated heterocycles. The second-order valence-corrected chi connectivity index (χ2v) is 7.96. The number of hydrogen-bond acceptors (Lipinski definition) is 4. The van der Waals surface area contributed by atoms with Crippen molar-refractivity contribution < 1.29 is 17.6 Å². The van der Waals surface area contributed by atoms with E-state index in [0.717, 1.165) is 0 Å². The average Bonchev–Trinajstić information content (AvgIpc) is 2.69. The smallest absolute Gasteiger partial charge is 0.255 e. The highest BCUT2D eigenvalue weighted by Gasteiger charge is 2.29. The largest absolute Gasteiger partial charge is 0.364 e. The highest BCUT2D eigenvalue weighted by molar-refractivity contribution is 7.89. The van der Waals surface area contributed by atoms with Crippen molar-refractivity contribution in [2.24, 2.45) is 0 Å². The summed E-state index contributed by atoms with van der Waals surface area (Å²) in [4.78, 5) is 12.5. The summed E-state index contributed by atoms with van der Waals surface area (Å²) in [5.41, 5.74) is 2.06. The Morgan fingerprint density at radius 1 is 0.929 bits per heavy atom. The van der Waals surface area contributed by atoms with Gasteiger partial charge in [-0.05, 0) is 54.1 Å². The molecule has 1 atom stereocenters. The van der Waals surface area contributed by atoms with E-state index in [-0.39, 0.29) is 16.6 Å². The van der Waals surface area contributed by atoms with E-state index in [2.05, 4.69) is 15.4 Å². The number of carbonyl (C=O) groups excluding carboxylic acids is 1. The van der Waals surface area contributed by atoms with Crippen LogP contribution in [-0.4, -0.2) is 14.3 Å². The molecule has 8 heteroatoms. The summed E-state index contributed by atoms with van der Waals surface area (Å²) in [7, 11) is -3.63. The molecule has 4 rings (SSSR count). The van der Waals surface area contributed by atoms with E-state index < -0.39 is 16.2 Å². The van der Waals surface area contributed by atoms with E-state index >= 15 is 0 Å². The normalized spacial score (nSPS) is 17.2. The first-order valence-corrected chi connectivity index (χ1v) is 9.95. The second-order valence-electron chi connectivity index (χ2n) is 6.28. The van der Waals surface area contributed by atoms with Gasteiger partial charge in [0.25, 0.3) is 5.91 Å². The Morgan fingerprint density at radius 2 is 1.61 bits per heavy atom. The van der Waals surface area contributed by atoms with Crippen LogP contribution in [0.3, 0.4) is 0 Å². The fourth-order valence-corrected chi connectivity index (χ4v) is 4.25. The summed E-state index contributed by atoms with van der Waals surface area (Å²) in [6.45, 7) is 0. The maximum Gasteiger partial charge on any atom is 0.255 e. The number of hydrogen-bond donors (Lipinski definition) is 3. The molecule has 0 bridgehead atoms. The van der Waals surface area contributed by atoms with Crippen LogP contribution in [0.5, 0.6) is 0 Å². The van der Waals surface area contributed by atoms with Crippen molar-refractivity contribution in [3.63, 3.8) is 0 Å². The number of nitrogens with one attached hydrogen (secondary N) is 3. The number of halogens is 1. The molecule has 6 nitrogen and oxygen atoms in total. The molecule has 0 saturated carbocycles. The third kappa shape index (κ3) is 3.60. The van der Waals surface area contributed by atoms with Crippen LogP contribution >= 0.6 is 0 Å². The Labute approximate surface area is 161 Å². The Kier molecular flexibility index (Phi) is 4.58. The van der Waals surface area contributed by atoms with E-state index in [9.17, 15) is 17.6 Å². The minimum Gasteiger partial charge on any atom is -0.364 e. The molecule has 0 aliphatic carbocycles. The first-order chi connectivity index (χ1) is 13.4. The van der Waals surface area contributed by atoms with Gasteiger partial charge in [0, 0.05) is 11.3 Å². The lowest BCUT2D eigenvalue weighted by atomic mass is 10.1. The first-order valence-electron chi connectivity index (χ1n) is 8.47. The lowest BCUT2D eigenvalue weighted by Crippen LogP contribution is -2.38. The minimum atomic E-state index is -3.63. The SMILES string of the molecule is O=C(Nc1ccc(F)cc1)c1ccc([C@@H]2Nc3ccccc3S(=O)(=O)N2)cc1. The number of amides is 1. The molecule has 142 valence electrons. The molecule has 0 spiro atoms. The number of benzene rings is 3. The van der Waals surface area contributed by atoms with Gasteiger partial charge in [-0.25, -0.2) is 12.8 Å². The summed E-state index contributed by atoms with van der Waals surface area (Å²) in [5.74, 6) is -0.730. The zero-order valence-electron chi connectivity index (χ0n) is 14.5. The molecule has 1 amide bonds. The van der Waals surface area contributed by atoms with Crippen LogP contribution in [0.15, 0.2) is 77.7 Å². The molecule has 0 fully saturated rings. The minimum absolute atomic E-state index is 0.196. The van der Waals surface area contributed by atoms with Crippen molar-refractivity contribution in [2.75, 3.05) is 10.6 Å². The summed E-state index contributed by atoms with van der Waals surface area (Å²) in [5, 5.41) is 5.81. The van der Waals surface area contributed by atoms with Gasteiger partial charge in [-0.15, -0.1) is 0 Å². The Morgan fingerprint density at radius 3 is 2.32 bits per heavy atom. The highest BCUT2D eigenvalue weighted by Crippen LogP contribution is 2.30. The number of para-hydroxylation sites is 1.